The summed E-state index contributed by atoms with van der Waals surface area (Å²) >= 11 is 0. The normalized spacial score (nSPS) is 16.4. The van der Waals surface area contributed by atoms with Crippen molar-refractivity contribution in [1.82, 2.24) is 20.0 Å². The van der Waals surface area contributed by atoms with E-state index in [1.165, 1.54) is 0 Å². The molecule has 3 aromatic rings. The molecule has 1 aliphatic heterocycles. The maximum absolute atomic E-state index is 13.1. The van der Waals surface area contributed by atoms with E-state index in [2.05, 4.69) is 78.8 Å². The highest BCUT2D eigenvalue weighted by Gasteiger charge is 2.19. The molecule has 6 heteroatoms. The Bertz CT molecular complexity index is 1300. The second-order valence-electron chi connectivity index (χ2n) is 10.0. The zero-order valence-electron chi connectivity index (χ0n) is 21.3. The first-order chi connectivity index (χ1) is 17.4. The number of amides is 1. The number of allylic oxidation sites excluding steroid dienone is 1. The maximum atomic E-state index is 13.1. The Kier molecular flexibility index (Phi) is 7.05. The average molecular weight is 483 g/mol. The van der Waals surface area contributed by atoms with Crippen LogP contribution < -0.4 is 10.1 Å². The van der Waals surface area contributed by atoms with Crippen molar-refractivity contribution in [1.29, 1.82) is 0 Å². The van der Waals surface area contributed by atoms with Crippen LogP contribution in [0.15, 0.2) is 66.6 Å². The van der Waals surface area contributed by atoms with Crippen LogP contribution in [0.4, 0.5) is 0 Å². The van der Waals surface area contributed by atoms with Gasteiger partial charge >= 0.3 is 0 Å². The lowest BCUT2D eigenvalue weighted by Gasteiger charge is -2.29. The standard InChI is InChI=1S/C30H34N4O2/c1-21(2)34-20-26(19-31-34)23-11-10-22-6-4-8-27(17-25(22)16-23)32-30(35)24-7-5-9-29(18-24)36-28-12-14-33(3)15-13-28/h4-7,9-11,16-21,28H,8,12-15H2,1-3H3,(H,32,35). The van der Waals surface area contributed by atoms with Crippen molar-refractivity contribution in [2.75, 3.05) is 20.1 Å². The number of hydrogen-bond donors (Lipinski definition) is 1. The Hall–Kier alpha value is -3.64. The van der Waals surface area contributed by atoms with Crippen LogP contribution in [0.3, 0.4) is 0 Å². The van der Waals surface area contributed by atoms with E-state index in [-0.39, 0.29) is 12.0 Å². The van der Waals surface area contributed by atoms with Gasteiger partial charge in [-0.15, -0.1) is 0 Å². The molecule has 1 saturated heterocycles. The molecule has 1 amide bonds. The van der Waals surface area contributed by atoms with Crippen molar-refractivity contribution in [2.45, 2.75) is 45.3 Å². The number of carbonyl (C=O) groups excluding carboxylic acids is 1. The zero-order valence-corrected chi connectivity index (χ0v) is 21.3. The van der Waals surface area contributed by atoms with E-state index in [0.717, 1.165) is 59.6 Å². The molecule has 1 fully saturated rings. The highest BCUT2D eigenvalue weighted by molar-refractivity contribution is 5.96. The number of nitrogens with zero attached hydrogens (tertiary/aromatic N) is 3. The fourth-order valence-corrected chi connectivity index (χ4v) is 4.67. The average Bonchev–Trinajstić information content (AvgIpc) is 3.29. The molecule has 0 saturated carbocycles. The number of rotatable bonds is 6. The summed E-state index contributed by atoms with van der Waals surface area (Å²) < 4.78 is 8.15. The summed E-state index contributed by atoms with van der Waals surface area (Å²) in [5, 5.41) is 7.60. The number of fused-ring (bicyclic) bond motifs is 1. The van der Waals surface area contributed by atoms with Gasteiger partial charge in [0, 0.05) is 48.6 Å². The van der Waals surface area contributed by atoms with Gasteiger partial charge in [0.15, 0.2) is 0 Å². The number of carbonyl (C=O) groups is 1. The van der Waals surface area contributed by atoms with Crippen LogP contribution in [0.2, 0.25) is 0 Å². The van der Waals surface area contributed by atoms with Crippen LogP contribution in [0.25, 0.3) is 23.3 Å². The molecule has 0 radical (unpaired) electrons. The Labute approximate surface area is 213 Å². The predicted octanol–water partition coefficient (Wildman–Crippen LogP) is 5.79. The first-order valence-electron chi connectivity index (χ1n) is 12.8. The van der Waals surface area contributed by atoms with Crippen LogP contribution in [-0.2, 0) is 0 Å². The second-order valence-corrected chi connectivity index (χ2v) is 10.0. The molecular weight excluding hydrogens is 448 g/mol. The number of likely N-dealkylation sites (tertiary alicyclic amines) is 1. The van der Waals surface area contributed by atoms with Gasteiger partial charge < -0.3 is 15.0 Å². The maximum Gasteiger partial charge on any atom is 0.255 e. The summed E-state index contributed by atoms with van der Waals surface area (Å²) in [5.74, 6) is 0.630. The van der Waals surface area contributed by atoms with Crippen molar-refractivity contribution in [3.8, 4) is 16.9 Å². The van der Waals surface area contributed by atoms with Crippen LogP contribution in [-0.4, -0.2) is 46.8 Å². The molecule has 1 aromatic heterocycles. The Morgan fingerprint density at radius 1 is 1.08 bits per heavy atom. The Balaban J connectivity index is 1.31. The fourth-order valence-electron chi connectivity index (χ4n) is 4.67. The number of benzene rings is 2. The monoisotopic (exact) mass is 482 g/mol. The minimum atomic E-state index is -0.124. The van der Waals surface area contributed by atoms with Crippen LogP contribution in [0.5, 0.6) is 5.75 Å². The van der Waals surface area contributed by atoms with Crippen molar-refractivity contribution < 1.29 is 9.53 Å². The molecule has 2 heterocycles. The molecule has 186 valence electrons. The van der Waals surface area contributed by atoms with Crippen molar-refractivity contribution >= 4 is 18.1 Å². The molecule has 36 heavy (non-hydrogen) atoms. The summed E-state index contributed by atoms with van der Waals surface area (Å²) in [6.07, 6.45) is 13.1. The van der Waals surface area contributed by atoms with E-state index in [1.807, 2.05) is 35.1 Å². The van der Waals surface area contributed by atoms with Gasteiger partial charge in [-0.05, 0) is 80.8 Å². The molecule has 5 rings (SSSR count). The Morgan fingerprint density at radius 2 is 1.92 bits per heavy atom. The molecule has 0 spiro atoms. The highest BCUT2D eigenvalue weighted by Crippen LogP contribution is 2.28. The second kappa shape index (κ2) is 10.5. The van der Waals surface area contributed by atoms with Gasteiger partial charge in [0.2, 0.25) is 0 Å². The number of nitrogens with one attached hydrogen (secondary N) is 1. The predicted molar refractivity (Wildman–Crippen MR) is 145 cm³/mol. The first-order valence-corrected chi connectivity index (χ1v) is 12.8. The van der Waals surface area contributed by atoms with Crippen LogP contribution in [0, 0.1) is 0 Å². The molecule has 0 bridgehead atoms. The third-order valence-electron chi connectivity index (χ3n) is 6.85. The zero-order chi connectivity index (χ0) is 25.1. The van der Waals surface area contributed by atoms with E-state index in [4.69, 9.17) is 4.74 Å². The van der Waals surface area contributed by atoms with Gasteiger partial charge in [-0.3, -0.25) is 9.48 Å². The lowest BCUT2D eigenvalue weighted by molar-refractivity contribution is 0.0962. The summed E-state index contributed by atoms with van der Waals surface area (Å²) in [6, 6.07) is 14.2. The quantitative estimate of drug-likeness (QED) is 0.483. The minimum absolute atomic E-state index is 0.124. The number of hydrogen-bond acceptors (Lipinski definition) is 4. The van der Waals surface area contributed by atoms with E-state index >= 15 is 0 Å². The first kappa shape index (κ1) is 24.1. The lowest BCUT2D eigenvalue weighted by atomic mass is 10.0. The van der Waals surface area contributed by atoms with E-state index in [9.17, 15) is 4.79 Å². The molecule has 0 unspecified atom stereocenters. The van der Waals surface area contributed by atoms with Crippen LogP contribution in [0.1, 0.15) is 60.6 Å². The topological polar surface area (TPSA) is 59.4 Å². The van der Waals surface area contributed by atoms with E-state index in [1.54, 1.807) is 0 Å². The molecule has 6 nitrogen and oxygen atoms in total. The summed E-state index contributed by atoms with van der Waals surface area (Å²) in [4.78, 5) is 15.4. The molecule has 0 atom stereocenters. The van der Waals surface area contributed by atoms with Crippen molar-refractivity contribution in [3.05, 3.63) is 83.3 Å². The van der Waals surface area contributed by atoms with Gasteiger partial charge in [0.25, 0.3) is 5.91 Å². The van der Waals surface area contributed by atoms with Gasteiger partial charge in [-0.1, -0.05) is 30.4 Å². The third-order valence-corrected chi connectivity index (χ3v) is 6.85. The minimum Gasteiger partial charge on any atom is -0.490 e. The third kappa shape index (κ3) is 5.60. The SMILES string of the molecule is CC(C)n1cc(-c2ccc3c(c2)C=C(NC(=O)c2cccc(OC4CCN(C)CC4)c2)CC=C3)cn1. The van der Waals surface area contributed by atoms with Gasteiger partial charge in [-0.2, -0.15) is 5.10 Å². The van der Waals surface area contributed by atoms with Gasteiger partial charge in [-0.25, -0.2) is 0 Å². The summed E-state index contributed by atoms with van der Waals surface area (Å²) in [5.41, 5.74) is 5.87. The number of piperidine rings is 1. The molecule has 1 aliphatic carbocycles. The molecule has 2 aliphatic rings. The van der Waals surface area contributed by atoms with Crippen LogP contribution >= 0.6 is 0 Å². The molecule has 1 N–H and O–H groups in total. The smallest absolute Gasteiger partial charge is 0.255 e. The van der Waals surface area contributed by atoms with E-state index in [0.29, 0.717) is 18.0 Å². The lowest BCUT2D eigenvalue weighted by Crippen LogP contribution is -2.35. The largest absolute Gasteiger partial charge is 0.490 e. The van der Waals surface area contributed by atoms with Crippen molar-refractivity contribution in [2.24, 2.45) is 0 Å². The summed E-state index contributed by atoms with van der Waals surface area (Å²) in [7, 11) is 2.14. The highest BCUT2D eigenvalue weighted by atomic mass is 16.5. The van der Waals surface area contributed by atoms with Gasteiger partial charge in [0.05, 0.1) is 6.20 Å². The molecule has 2 aromatic carbocycles. The fraction of sp³-hybridized carbons (Fsp3) is 0.333. The van der Waals surface area contributed by atoms with Gasteiger partial charge in [0.1, 0.15) is 11.9 Å². The Morgan fingerprint density at radius 3 is 2.69 bits per heavy atom. The van der Waals surface area contributed by atoms with E-state index < -0.39 is 0 Å². The van der Waals surface area contributed by atoms with Crippen molar-refractivity contribution in [3.63, 3.8) is 0 Å². The number of aromatic nitrogens is 2. The summed E-state index contributed by atoms with van der Waals surface area (Å²) in [6.45, 7) is 6.31. The number of ether oxygens (including phenoxy) is 1. The molecular formula is C30H34N4O2.